The molecule has 0 spiro atoms. The molecule has 1 radical (unpaired) electrons. The second kappa shape index (κ2) is 14.2. The van der Waals surface area contributed by atoms with Gasteiger partial charge in [-0.05, 0) is 0 Å². The Morgan fingerprint density at radius 2 is 1.31 bits per heavy atom. The average Bonchev–Trinajstić information content (AvgIpc) is 2.23. The SMILES string of the molecule is CC.CC.[CH2-]C(C)(C)C[C-]1CCCCC1.[Y]. The van der Waals surface area contributed by atoms with Crippen LogP contribution in [0.5, 0.6) is 0 Å². The van der Waals surface area contributed by atoms with E-state index in [9.17, 15) is 0 Å². The van der Waals surface area contributed by atoms with Crippen LogP contribution in [-0.4, -0.2) is 0 Å². The van der Waals surface area contributed by atoms with Gasteiger partial charge in [0.05, 0.1) is 0 Å². The van der Waals surface area contributed by atoms with E-state index in [0.717, 1.165) is 0 Å². The molecule has 1 aliphatic rings. The minimum absolute atomic E-state index is 0. The van der Waals surface area contributed by atoms with Crippen molar-refractivity contribution in [3.8, 4) is 0 Å². The van der Waals surface area contributed by atoms with Crippen LogP contribution in [0.4, 0.5) is 0 Å². The molecule has 0 amide bonds. The van der Waals surface area contributed by atoms with Crippen LogP contribution in [0.25, 0.3) is 0 Å². The van der Waals surface area contributed by atoms with Gasteiger partial charge >= 0.3 is 0 Å². The first-order valence-corrected chi connectivity index (χ1v) is 6.77. The summed E-state index contributed by atoms with van der Waals surface area (Å²) in [7, 11) is 0. The van der Waals surface area contributed by atoms with Gasteiger partial charge < -0.3 is 12.8 Å². The van der Waals surface area contributed by atoms with Gasteiger partial charge in [0.1, 0.15) is 0 Å². The molecule has 0 N–H and O–H groups in total. The van der Waals surface area contributed by atoms with E-state index in [1.54, 1.807) is 5.92 Å². The fourth-order valence-corrected chi connectivity index (χ4v) is 1.91. The fourth-order valence-electron chi connectivity index (χ4n) is 1.91. The average molecular weight is 301 g/mol. The van der Waals surface area contributed by atoms with Gasteiger partial charge in [0.15, 0.2) is 0 Å². The zero-order chi connectivity index (χ0) is 12.3. The van der Waals surface area contributed by atoms with Gasteiger partial charge in [0.25, 0.3) is 0 Å². The second-order valence-corrected chi connectivity index (χ2v) is 4.65. The van der Waals surface area contributed by atoms with Crippen molar-refractivity contribution in [3.63, 3.8) is 0 Å². The van der Waals surface area contributed by atoms with Crippen molar-refractivity contribution in [2.75, 3.05) is 0 Å². The zero-order valence-corrected chi connectivity index (χ0v) is 15.4. The monoisotopic (exact) mass is 301 g/mol. The minimum atomic E-state index is 0. The third kappa shape index (κ3) is 15.1. The molecule has 0 bridgehead atoms. The molecule has 1 saturated carbocycles. The van der Waals surface area contributed by atoms with Crippen LogP contribution in [0.2, 0.25) is 0 Å². The maximum atomic E-state index is 4.14. The Bertz CT molecular complexity index is 107. The van der Waals surface area contributed by atoms with Crippen LogP contribution < -0.4 is 0 Å². The van der Waals surface area contributed by atoms with Crippen LogP contribution in [0.3, 0.4) is 0 Å². The van der Waals surface area contributed by atoms with Gasteiger partial charge in [-0.25, -0.2) is 0 Å². The molecular weight excluding hydrogens is 269 g/mol. The van der Waals surface area contributed by atoms with Crippen molar-refractivity contribution < 1.29 is 32.7 Å². The minimum Gasteiger partial charge on any atom is -0.340 e. The Hall–Kier alpha value is 1.10. The van der Waals surface area contributed by atoms with Crippen molar-refractivity contribution in [3.05, 3.63) is 12.8 Å². The Balaban J connectivity index is -0.000000305. The summed E-state index contributed by atoms with van der Waals surface area (Å²) >= 11 is 0. The maximum Gasteiger partial charge on any atom is 0 e. The van der Waals surface area contributed by atoms with Crippen LogP contribution in [0.1, 0.15) is 80.1 Å². The molecule has 97 valence electrons. The van der Waals surface area contributed by atoms with Gasteiger partial charge in [-0.2, -0.15) is 24.7 Å². The number of hydrogen-bond donors (Lipinski definition) is 0. The summed E-state index contributed by atoms with van der Waals surface area (Å²) in [4.78, 5) is 0. The standard InChI is InChI=1S/C11H20.2C2H6.Y/c1-11(2,3)9-10-7-5-4-6-8-10;2*1-2;/h1,4-9H2,2-3H3;2*1-2H3;/q-2;;;. The second-order valence-electron chi connectivity index (χ2n) is 4.65. The summed E-state index contributed by atoms with van der Waals surface area (Å²) in [6.07, 6.45) is 8.28. The van der Waals surface area contributed by atoms with Gasteiger partial charge in [0, 0.05) is 32.7 Å². The van der Waals surface area contributed by atoms with Crippen molar-refractivity contribution in [1.29, 1.82) is 0 Å². The first-order chi connectivity index (χ1) is 7.08. The predicted octanol–water partition coefficient (Wildman–Crippen LogP) is 5.83. The number of hydrogen-bond acceptors (Lipinski definition) is 0. The summed E-state index contributed by atoms with van der Waals surface area (Å²) in [5.74, 6) is 1.76. The van der Waals surface area contributed by atoms with E-state index >= 15 is 0 Å². The van der Waals surface area contributed by atoms with E-state index in [1.165, 1.54) is 38.5 Å². The van der Waals surface area contributed by atoms with E-state index in [1.807, 2.05) is 27.7 Å². The summed E-state index contributed by atoms with van der Waals surface area (Å²) in [5.41, 5.74) is 0.271. The molecule has 1 rings (SSSR count). The van der Waals surface area contributed by atoms with Gasteiger partial charge in [-0.15, -0.1) is 0 Å². The van der Waals surface area contributed by atoms with E-state index in [0.29, 0.717) is 0 Å². The molecule has 0 aromatic carbocycles. The van der Waals surface area contributed by atoms with Crippen molar-refractivity contribution >= 4 is 0 Å². The largest absolute Gasteiger partial charge is 0.340 e. The number of rotatable bonds is 2. The topological polar surface area (TPSA) is 0 Å². The molecule has 0 heterocycles. The first kappa shape index (κ1) is 22.3. The van der Waals surface area contributed by atoms with Gasteiger partial charge in [0.2, 0.25) is 0 Å². The smallest absolute Gasteiger partial charge is 0 e. The molecule has 0 atom stereocenters. The van der Waals surface area contributed by atoms with Crippen molar-refractivity contribution in [1.82, 2.24) is 0 Å². The molecule has 0 unspecified atom stereocenters. The molecule has 0 aromatic rings. The molecule has 0 nitrogen and oxygen atoms in total. The summed E-state index contributed by atoms with van der Waals surface area (Å²) in [6, 6.07) is 0. The van der Waals surface area contributed by atoms with Crippen LogP contribution >= 0.6 is 0 Å². The van der Waals surface area contributed by atoms with E-state index in [2.05, 4.69) is 20.8 Å². The van der Waals surface area contributed by atoms with Gasteiger partial charge in [-0.3, -0.25) is 0 Å². The first-order valence-electron chi connectivity index (χ1n) is 6.77. The molecule has 0 aliphatic heterocycles. The molecule has 0 saturated heterocycles. The zero-order valence-electron chi connectivity index (χ0n) is 12.5. The molecule has 1 heteroatoms. The molecular formula is C15H32Y-2. The predicted molar refractivity (Wildman–Crippen MR) is 72.8 cm³/mol. The molecule has 0 aromatic heterocycles. The summed E-state index contributed by atoms with van der Waals surface area (Å²) < 4.78 is 0. The van der Waals surface area contributed by atoms with Crippen molar-refractivity contribution in [2.45, 2.75) is 80.1 Å². The van der Waals surface area contributed by atoms with Crippen LogP contribution in [0, 0.1) is 18.3 Å². The maximum absolute atomic E-state index is 4.14. The Morgan fingerprint density at radius 3 is 1.62 bits per heavy atom. The Labute approximate surface area is 130 Å². The molecule has 1 fully saturated rings. The molecule has 16 heavy (non-hydrogen) atoms. The van der Waals surface area contributed by atoms with Gasteiger partial charge in [-0.1, -0.05) is 60.8 Å². The molecule has 1 aliphatic carbocycles. The van der Waals surface area contributed by atoms with E-state index < -0.39 is 0 Å². The summed E-state index contributed by atoms with van der Waals surface area (Å²) in [5, 5.41) is 0. The fraction of sp³-hybridized carbons (Fsp3) is 0.867. The Morgan fingerprint density at radius 1 is 0.938 bits per heavy atom. The van der Waals surface area contributed by atoms with Crippen LogP contribution in [0.15, 0.2) is 0 Å². The van der Waals surface area contributed by atoms with Crippen molar-refractivity contribution in [2.24, 2.45) is 5.41 Å². The third-order valence-corrected chi connectivity index (χ3v) is 2.29. The van der Waals surface area contributed by atoms with E-state index in [4.69, 9.17) is 0 Å². The quantitative estimate of drug-likeness (QED) is 0.563. The third-order valence-electron chi connectivity index (χ3n) is 2.29. The normalized spacial score (nSPS) is 15.9. The van der Waals surface area contributed by atoms with Crippen LogP contribution in [-0.2, 0) is 32.7 Å². The summed E-state index contributed by atoms with van der Waals surface area (Å²) in [6.45, 7) is 16.6. The van der Waals surface area contributed by atoms with E-state index in [-0.39, 0.29) is 38.1 Å². The Kier molecular flexibility index (Phi) is 19.7.